The molecule has 2 N–H and O–H groups in total. The average molecular weight is 357 g/mol. The first kappa shape index (κ1) is 19.6. The topological polar surface area (TPSA) is 67.8 Å². The first-order valence-corrected chi connectivity index (χ1v) is 8.59. The monoisotopic (exact) mass is 357 g/mol. The van der Waals surface area contributed by atoms with E-state index < -0.39 is 0 Å². The van der Waals surface area contributed by atoms with E-state index in [1.165, 1.54) is 0 Å². The number of ether oxygens (including phenoxy) is 2. The minimum Gasteiger partial charge on any atom is -0.506 e. The van der Waals surface area contributed by atoms with Gasteiger partial charge >= 0.3 is 0 Å². The number of aromatic hydroxyl groups is 1. The zero-order chi connectivity index (χ0) is 19.3. The van der Waals surface area contributed by atoms with Crippen molar-refractivity contribution < 1.29 is 19.4 Å². The Morgan fingerprint density at radius 1 is 1.12 bits per heavy atom. The second kappa shape index (κ2) is 8.13. The normalized spacial score (nSPS) is 11.1. The Morgan fingerprint density at radius 3 is 2.46 bits per heavy atom. The molecule has 0 unspecified atom stereocenters. The number of anilines is 1. The predicted octanol–water partition coefficient (Wildman–Crippen LogP) is 4.28. The highest BCUT2D eigenvalue weighted by molar-refractivity contribution is 5.92. The molecular weight excluding hydrogens is 330 g/mol. The first-order chi connectivity index (χ1) is 12.3. The summed E-state index contributed by atoms with van der Waals surface area (Å²) in [5, 5.41) is 12.8. The van der Waals surface area contributed by atoms with Crippen LogP contribution in [0.25, 0.3) is 0 Å². The van der Waals surface area contributed by atoms with Gasteiger partial charge in [-0.05, 0) is 41.2 Å². The van der Waals surface area contributed by atoms with Crippen LogP contribution >= 0.6 is 0 Å². The van der Waals surface area contributed by atoms with Crippen LogP contribution in [0.2, 0.25) is 0 Å². The second-order valence-corrected chi connectivity index (χ2v) is 7.18. The molecule has 0 atom stereocenters. The summed E-state index contributed by atoms with van der Waals surface area (Å²) in [6.07, 6.45) is 0.772. The highest BCUT2D eigenvalue weighted by Crippen LogP contribution is 2.32. The van der Waals surface area contributed by atoms with Crippen molar-refractivity contribution in [1.29, 1.82) is 0 Å². The Morgan fingerprint density at radius 2 is 1.85 bits per heavy atom. The summed E-state index contributed by atoms with van der Waals surface area (Å²) < 4.78 is 10.7. The van der Waals surface area contributed by atoms with Crippen LogP contribution in [0.5, 0.6) is 17.2 Å². The zero-order valence-corrected chi connectivity index (χ0v) is 16.1. The third-order valence-corrected chi connectivity index (χ3v) is 4.24. The number of phenolic OH excluding ortho intramolecular Hbond substituents is 1. The molecule has 2 aromatic rings. The van der Waals surface area contributed by atoms with Crippen molar-refractivity contribution in [3.63, 3.8) is 0 Å². The van der Waals surface area contributed by atoms with E-state index >= 15 is 0 Å². The molecule has 0 saturated heterocycles. The van der Waals surface area contributed by atoms with Crippen LogP contribution in [-0.2, 0) is 16.6 Å². The van der Waals surface area contributed by atoms with Crippen LogP contribution in [0.4, 0.5) is 5.69 Å². The molecule has 0 aliphatic heterocycles. The SMILES string of the molecule is COc1cccc(CCC(=O)Nc2cc(C(C)(C)C)ccc2O)c1OC. The van der Waals surface area contributed by atoms with Crippen LogP contribution in [0.15, 0.2) is 36.4 Å². The van der Waals surface area contributed by atoms with Crippen molar-refractivity contribution in [2.45, 2.75) is 39.0 Å². The Hall–Kier alpha value is -2.69. The van der Waals surface area contributed by atoms with E-state index in [4.69, 9.17) is 9.47 Å². The van der Waals surface area contributed by atoms with Gasteiger partial charge in [0.25, 0.3) is 0 Å². The molecule has 0 spiro atoms. The van der Waals surface area contributed by atoms with Crippen LogP contribution < -0.4 is 14.8 Å². The van der Waals surface area contributed by atoms with E-state index in [9.17, 15) is 9.90 Å². The number of carbonyl (C=O) groups is 1. The van der Waals surface area contributed by atoms with Crippen LogP contribution in [0.1, 0.15) is 38.3 Å². The molecule has 5 heteroatoms. The fraction of sp³-hybridized carbons (Fsp3) is 0.381. The van der Waals surface area contributed by atoms with Gasteiger partial charge in [-0.2, -0.15) is 0 Å². The molecule has 0 saturated carbocycles. The van der Waals surface area contributed by atoms with Crippen molar-refractivity contribution in [2.75, 3.05) is 19.5 Å². The zero-order valence-electron chi connectivity index (χ0n) is 16.1. The van der Waals surface area contributed by atoms with Gasteiger partial charge in [0.05, 0.1) is 19.9 Å². The number of carbonyl (C=O) groups excluding carboxylic acids is 1. The molecule has 0 heterocycles. The van der Waals surface area contributed by atoms with Crippen molar-refractivity contribution in [2.24, 2.45) is 0 Å². The number of benzene rings is 2. The molecule has 0 fully saturated rings. The van der Waals surface area contributed by atoms with Crippen LogP contribution in [0.3, 0.4) is 0 Å². The molecular formula is C21H27NO4. The van der Waals surface area contributed by atoms with Gasteiger partial charge in [-0.3, -0.25) is 4.79 Å². The highest BCUT2D eigenvalue weighted by Gasteiger charge is 2.17. The Bertz CT molecular complexity index is 778. The number of hydrogen-bond acceptors (Lipinski definition) is 4. The number of rotatable bonds is 6. The quantitative estimate of drug-likeness (QED) is 0.757. The summed E-state index contributed by atoms with van der Waals surface area (Å²) in [5.41, 5.74) is 2.30. The molecule has 140 valence electrons. The van der Waals surface area contributed by atoms with Gasteiger partial charge in [0.1, 0.15) is 5.75 Å². The maximum atomic E-state index is 12.4. The predicted molar refractivity (Wildman–Crippen MR) is 103 cm³/mol. The number of amides is 1. The van der Waals surface area contributed by atoms with E-state index in [1.807, 2.05) is 30.3 Å². The van der Waals surface area contributed by atoms with Crippen molar-refractivity contribution in [3.05, 3.63) is 47.5 Å². The van der Waals surface area contributed by atoms with Gasteiger partial charge in [0.2, 0.25) is 5.91 Å². The molecule has 2 rings (SSSR count). The van der Waals surface area contributed by atoms with Gasteiger partial charge in [0, 0.05) is 6.42 Å². The Balaban J connectivity index is 2.09. The standard InChI is InChI=1S/C21H27NO4/c1-21(2,3)15-10-11-17(23)16(13-15)22-19(24)12-9-14-7-6-8-18(25-4)20(14)26-5/h6-8,10-11,13,23H,9,12H2,1-5H3,(H,22,24). The molecule has 1 amide bonds. The van der Waals surface area contributed by atoms with E-state index in [2.05, 4.69) is 26.1 Å². The Labute approximate surface area is 155 Å². The average Bonchev–Trinajstić information content (AvgIpc) is 2.60. The lowest BCUT2D eigenvalue weighted by atomic mass is 9.87. The van der Waals surface area contributed by atoms with Crippen LogP contribution in [0, 0.1) is 0 Å². The molecule has 26 heavy (non-hydrogen) atoms. The minimum absolute atomic E-state index is 0.0605. The summed E-state index contributed by atoms with van der Waals surface area (Å²) in [6.45, 7) is 6.25. The third kappa shape index (κ3) is 4.69. The summed E-state index contributed by atoms with van der Waals surface area (Å²) in [7, 11) is 3.16. The number of hydrogen-bond donors (Lipinski definition) is 2. The second-order valence-electron chi connectivity index (χ2n) is 7.18. The van der Waals surface area contributed by atoms with E-state index in [-0.39, 0.29) is 23.5 Å². The third-order valence-electron chi connectivity index (χ3n) is 4.24. The van der Waals surface area contributed by atoms with Gasteiger partial charge in [-0.25, -0.2) is 0 Å². The highest BCUT2D eigenvalue weighted by atomic mass is 16.5. The lowest BCUT2D eigenvalue weighted by Crippen LogP contribution is -2.15. The lowest BCUT2D eigenvalue weighted by molar-refractivity contribution is -0.116. The summed E-state index contributed by atoms with van der Waals surface area (Å²) in [6, 6.07) is 10.9. The first-order valence-electron chi connectivity index (χ1n) is 8.59. The molecule has 5 nitrogen and oxygen atoms in total. The fourth-order valence-electron chi connectivity index (χ4n) is 2.71. The van der Waals surface area contributed by atoms with Crippen molar-refractivity contribution >= 4 is 11.6 Å². The molecule has 0 aliphatic carbocycles. The maximum Gasteiger partial charge on any atom is 0.224 e. The van der Waals surface area contributed by atoms with Crippen molar-refractivity contribution in [3.8, 4) is 17.2 Å². The number of methoxy groups -OCH3 is 2. The smallest absolute Gasteiger partial charge is 0.224 e. The van der Waals surface area contributed by atoms with Gasteiger partial charge < -0.3 is 19.9 Å². The minimum atomic E-state index is -0.170. The molecule has 0 bridgehead atoms. The summed E-state index contributed by atoms with van der Waals surface area (Å²) in [5.74, 6) is 1.17. The van der Waals surface area contributed by atoms with Crippen molar-refractivity contribution in [1.82, 2.24) is 0 Å². The van der Waals surface area contributed by atoms with E-state index in [0.717, 1.165) is 11.1 Å². The molecule has 2 aromatic carbocycles. The number of para-hydroxylation sites is 1. The summed E-state index contributed by atoms with van der Waals surface area (Å²) in [4.78, 5) is 12.4. The van der Waals surface area contributed by atoms with Crippen LogP contribution in [-0.4, -0.2) is 25.2 Å². The van der Waals surface area contributed by atoms with Gasteiger partial charge in [-0.1, -0.05) is 39.0 Å². The fourth-order valence-corrected chi connectivity index (χ4v) is 2.71. The maximum absolute atomic E-state index is 12.4. The van der Waals surface area contributed by atoms with Gasteiger partial charge in [0.15, 0.2) is 11.5 Å². The number of aryl methyl sites for hydroxylation is 1. The molecule has 0 aliphatic rings. The number of nitrogens with one attached hydrogen (secondary N) is 1. The number of phenols is 1. The summed E-state index contributed by atoms with van der Waals surface area (Å²) >= 11 is 0. The molecule has 0 radical (unpaired) electrons. The molecule has 0 aromatic heterocycles. The van der Waals surface area contributed by atoms with Gasteiger partial charge in [-0.15, -0.1) is 0 Å². The van der Waals surface area contributed by atoms with E-state index in [1.54, 1.807) is 20.3 Å². The largest absolute Gasteiger partial charge is 0.506 e. The van der Waals surface area contributed by atoms with E-state index in [0.29, 0.717) is 23.6 Å². The Kier molecular flexibility index (Phi) is 6.14. The lowest BCUT2D eigenvalue weighted by Gasteiger charge is -2.20.